The lowest BCUT2D eigenvalue weighted by Crippen LogP contribution is -2.44. The van der Waals surface area contributed by atoms with Gasteiger partial charge in [0.25, 0.3) is 5.91 Å². The van der Waals surface area contributed by atoms with E-state index in [9.17, 15) is 14.7 Å². The van der Waals surface area contributed by atoms with Crippen molar-refractivity contribution in [3.05, 3.63) is 36.0 Å². The molecule has 1 heterocycles. The fourth-order valence-electron chi connectivity index (χ4n) is 3.35. The van der Waals surface area contributed by atoms with E-state index in [0.717, 1.165) is 25.7 Å². The molecule has 1 aliphatic carbocycles. The van der Waals surface area contributed by atoms with Crippen molar-refractivity contribution in [2.24, 2.45) is 5.73 Å². The van der Waals surface area contributed by atoms with Gasteiger partial charge in [-0.25, -0.2) is 4.98 Å². The summed E-state index contributed by atoms with van der Waals surface area (Å²) in [7, 11) is 0. The van der Waals surface area contributed by atoms with Crippen LogP contribution in [0.15, 0.2) is 30.3 Å². The lowest BCUT2D eigenvalue weighted by molar-refractivity contribution is -0.121. The number of carbonyl (C=O) groups excluding carboxylic acids is 2. The first-order valence-corrected chi connectivity index (χ1v) is 8.96. The number of carbonyl (C=O) groups is 2. The summed E-state index contributed by atoms with van der Waals surface area (Å²) in [5, 5.41) is 16.7. The number of benzene rings is 1. The van der Waals surface area contributed by atoms with Crippen LogP contribution < -0.4 is 16.4 Å². The molecule has 7 nitrogen and oxygen atoms in total. The van der Waals surface area contributed by atoms with Crippen LogP contribution in [-0.4, -0.2) is 40.5 Å². The summed E-state index contributed by atoms with van der Waals surface area (Å²) >= 11 is 0. The van der Waals surface area contributed by atoms with Crippen molar-refractivity contribution in [1.82, 2.24) is 15.6 Å². The van der Waals surface area contributed by atoms with Crippen molar-refractivity contribution in [2.45, 2.75) is 44.2 Å². The van der Waals surface area contributed by atoms with Crippen molar-refractivity contribution in [2.75, 3.05) is 6.54 Å². The molecule has 1 aromatic heterocycles. The standard InChI is InChI=1S/C19H24N4O3/c20-10-9-18(25)21-12-5-7-13(8-6-12)22-19(26)16-11-17(24)14-3-1-2-4-15(14)23-16/h1-4,11-13H,5-10,20H2,(H,21,25)(H,22,26)(H,23,24)/t12-,13-. The Morgan fingerprint density at radius 1 is 1.12 bits per heavy atom. The van der Waals surface area contributed by atoms with Crippen LogP contribution in [0.25, 0.3) is 10.9 Å². The first-order valence-electron chi connectivity index (χ1n) is 8.96. The minimum Gasteiger partial charge on any atom is -0.507 e. The topological polar surface area (TPSA) is 117 Å². The Morgan fingerprint density at radius 2 is 1.77 bits per heavy atom. The number of nitrogens with zero attached hydrogens (tertiary/aromatic N) is 1. The molecule has 0 unspecified atom stereocenters. The smallest absolute Gasteiger partial charge is 0.270 e. The van der Waals surface area contributed by atoms with Gasteiger partial charge in [0.15, 0.2) is 0 Å². The maximum Gasteiger partial charge on any atom is 0.270 e. The fraction of sp³-hybridized carbons (Fsp3) is 0.421. The molecule has 7 heteroatoms. The predicted octanol–water partition coefficient (Wildman–Crippen LogP) is 1.45. The molecule has 0 radical (unpaired) electrons. The van der Waals surface area contributed by atoms with E-state index >= 15 is 0 Å². The van der Waals surface area contributed by atoms with Gasteiger partial charge in [-0.2, -0.15) is 0 Å². The third-order valence-corrected chi connectivity index (χ3v) is 4.73. The summed E-state index contributed by atoms with van der Waals surface area (Å²) in [6.45, 7) is 0.350. The van der Waals surface area contributed by atoms with E-state index in [1.807, 2.05) is 12.1 Å². The van der Waals surface area contributed by atoms with Crippen LogP contribution in [0.1, 0.15) is 42.6 Å². The van der Waals surface area contributed by atoms with Gasteiger partial charge in [-0.15, -0.1) is 0 Å². The number of aromatic nitrogens is 1. The van der Waals surface area contributed by atoms with Crippen molar-refractivity contribution >= 4 is 22.7 Å². The summed E-state index contributed by atoms with van der Waals surface area (Å²) < 4.78 is 0. The molecule has 0 bridgehead atoms. The molecule has 0 spiro atoms. The monoisotopic (exact) mass is 356 g/mol. The molecule has 2 amide bonds. The normalized spacial score (nSPS) is 19.9. The van der Waals surface area contributed by atoms with E-state index in [1.54, 1.807) is 12.1 Å². The van der Waals surface area contributed by atoms with Crippen LogP contribution in [0.3, 0.4) is 0 Å². The zero-order valence-electron chi connectivity index (χ0n) is 14.6. The maximum absolute atomic E-state index is 12.5. The van der Waals surface area contributed by atoms with Gasteiger partial charge in [-0.1, -0.05) is 12.1 Å². The molecule has 1 saturated carbocycles. The highest BCUT2D eigenvalue weighted by Crippen LogP contribution is 2.24. The van der Waals surface area contributed by atoms with Crippen LogP contribution in [0, 0.1) is 0 Å². The molecule has 138 valence electrons. The van der Waals surface area contributed by atoms with E-state index in [2.05, 4.69) is 15.6 Å². The quantitative estimate of drug-likeness (QED) is 0.647. The van der Waals surface area contributed by atoms with Crippen LogP contribution in [0.5, 0.6) is 5.75 Å². The minimum atomic E-state index is -0.290. The van der Waals surface area contributed by atoms with Gasteiger partial charge in [0, 0.05) is 36.5 Å². The Kier molecular flexibility index (Phi) is 5.68. The predicted molar refractivity (Wildman–Crippen MR) is 98.7 cm³/mol. The number of amides is 2. The van der Waals surface area contributed by atoms with Crippen molar-refractivity contribution in [3.63, 3.8) is 0 Å². The number of para-hydroxylation sites is 1. The van der Waals surface area contributed by atoms with E-state index in [-0.39, 0.29) is 35.3 Å². The lowest BCUT2D eigenvalue weighted by atomic mass is 9.91. The molecule has 3 rings (SSSR count). The number of fused-ring (bicyclic) bond motifs is 1. The summed E-state index contributed by atoms with van der Waals surface area (Å²) in [4.78, 5) is 28.4. The van der Waals surface area contributed by atoms with E-state index < -0.39 is 0 Å². The highest BCUT2D eigenvalue weighted by molar-refractivity contribution is 5.97. The first-order chi connectivity index (χ1) is 12.6. The third-order valence-electron chi connectivity index (χ3n) is 4.73. The molecule has 2 aromatic rings. The van der Waals surface area contributed by atoms with E-state index in [4.69, 9.17) is 5.73 Å². The Bertz CT molecular complexity index is 800. The lowest BCUT2D eigenvalue weighted by Gasteiger charge is -2.29. The number of nitrogens with one attached hydrogen (secondary N) is 2. The number of hydrogen-bond donors (Lipinski definition) is 4. The highest BCUT2D eigenvalue weighted by Gasteiger charge is 2.24. The second kappa shape index (κ2) is 8.14. The average molecular weight is 356 g/mol. The van der Waals surface area contributed by atoms with Crippen molar-refractivity contribution in [3.8, 4) is 5.75 Å². The first kappa shape index (κ1) is 18.1. The summed E-state index contributed by atoms with van der Waals surface area (Å²) in [5.74, 6) is -0.260. The largest absolute Gasteiger partial charge is 0.507 e. The Morgan fingerprint density at radius 3 is 2.46 bits per heavy atom. The van der Waals surface area contributed by atoms with Gasteiger partial charge in [0.2, 0.25) is 5.91 Å². The van der Waals surface area contributed by atoms with Gasteiger partial charge >= 0.3 is 0 Å². The highest BCUT2D eigenvalue weighted by atomic mass is 16.3. The molecular formula is C19H24N4O3. The maximum atomic E-state index is 12.5. The van der Waals surface area contributed by atoms with Crippen LogP contribution in [0.4, 0.5) is 0 Å². The van der Waals surface area contributed by atoms with Crippen LogP contribution >= 0.6 is 0 Å². The second-order valence-corrected chi connectivity index (χ2v) is 6.67. The van der Waals surface area contributed by atoms with Gasteiger partial charge in [-0.05, 0) is 37.8 Å². The molecule has 1 fully saturated rings. The number of pyridine rings is 1. The third kappa shape index (κ3) is 4.29. The van der Waals surface area contributed by atoms with Gasteiger partial charge in [0.1, 0.15) is 11.4 Å². The summed E-state index contributed by atoms with van der Waals surface area (Å²) in [6.07, 6.45) is 3.56. The van der Waals surface area contributed by atoms with Crippen LogP contribution in [-0.2, 0) is 4.79 Å². The van der Waals surface area contributed by atoms with E-state index in [0.29, 0.717) is 23.9 Å². The van der Waals surface area contributed by atoms with Gasteiger partial charge in [-0.3, -0.25) is 9.59 Å². The van der Waals surface area contributed by atoms with Crippen LogP contribution in [0.2, 0.25) is 0 Å². The Hall–Kier alpha value is -2.67. The average Bonchev–Trinajstić information content (AvgIpc) is 2.63. The second-order valence-electron chi connectivity index (χ2n) is 6.67. The molecule has 5 N–H and O–H groups in total. The minimum absolute atomic E-state index is 0.0178. The Labute approximate surface area is 152 Å². The van der Waals surface area contributed by atoms with Gasteiger partial charge < -0.3 is 21.5 Å². The molecule has 0 saturated heterocycles. The molecule has 1 aliphatic rings. The molecule has 1 aromatic carbocycles. The Balaban J connectivity index is 1.57. The fourth-order valence-corrected chi connectivity index (χ4v) is 3.35. The zero-order chi connectivity index (χ0) is 18.5. The van der Waals surface area contributed by atoms with E-state index in [1.165, 1.54) is 6.07 Å². The molecule has 26 heavy (non-hydrogen) atoms. The molecular weight excluding hydrogens is 332 g/mol. The zero-order valence-corrected chi connectivity index (χ0v) is 14.6. The number of aromatic hydroxyl groups is 1. The number of nitrogens with two attached hydrogens (primary N) is 1. The number of hydrogen-bond acceptors (Lipinski definition) is 5. The van der Waals surface area contributed by atoms with Crippen molar-refractivity contribution < 1.29 is 14.7 Å². The summed E-state index contributed by atoms with van der Waals surface area (Å²) in [6, 6.07) is 8.74. The SMILES string of the molecule is NCCC(=O)N[C@H]1CC[C@H](NC(=O)c2cc(O)c3ccccc3n2)CC1. The summed E-state index contributed by atoms with van der Waals surface area (Å²) in [5.41, 5.74) is 6.17. The molecule has 0 aliphatic heterocycles. The number of rotatable bonds is 5. The van der Waals surface area contributed by atoms with Gasteiger partial charge in [0.05, 0.1) is 5.52 Å². The van der Waals surface area contributed by atoms with Crippen molar-refractivity contribution in [1.29, 1.82) is 0 Å². The molecule has 0 atom stereocenters.